The third-order valence-corrected chi connectivity index (χ3v) is 12.7. The average molecular weight is 1020 g/mol. The van der Waals surface area contributed by atoms with Gasteiger partial charge in [-0.05, 0) is 42.9 Å². The summed E-state index contributed by atoms with van der Waals surface area (Å²) in [6, 6.07) is 3.82. The molecule has 26 heteroatoms. The van der Waals surface area contributed by atoms with Crippen molar-refractivity contribution in [3.05, 3.63) is 53.6 Å². The molecule has 0 aliphatic carbocycles. The van der Waals surface area contributed by atoms with Crippen LogP contribution in [0.2, 0.25) is 0 Å². The number of carboxylic acids is 2. The number of anilines is 3. The van der Waals surface area contributed by atoms with Crippen LogP contribution in [0, 0.1) is 18.3 Å². The smallest absolute Gasteiger partial charge is 0.303 e. The number of carbonyl (C=O) groups excluding carboxylic acids is 2. The van der Waals surface area contributed by atoms with Crippen LogP contribution < -0.4 is 26.6 Å². The summed E-state index contributed by atoms with van der Waals surface area (Å²) in [4.78, 5) is 73.3. The number of aliphatic carboxylic acids is 2. The molecule has 5 atom stereocenters. The number of hydrogen-bond acceptors (Lipinski definition) is 20. The molecule has 8 N–H and O–H groups in total. The molecule has 4 aromatic rings. The zero-order valence-electron chi connectivity index (χ0n) is 41.4. The fourth-order valence-corrected chi connectivity index (χ4v) is 8.20. The Morgan fingerprint density at radius 3 is 1.73 bits per heavy atom. The highest BCUT2D eigenvalue weighted by Crippen LogP contribution is 2.26. The highest BCUT2D eigenvalue weighted by molar-refractivity contribution is 5.82. The maximum atomic E-state index is 14.2. The van der Waals surface area contributed by atoms with Crippen LogP contribution in [0.3, 0.4) is 0 Å². The zero-order chi connectivity index (χ0) is 52.3. The summed E-state index contributed by atoms with van der Waals surface area (Å²) in [6.45, 7) is 8.88. The van der Waals surface area contributed by atoms with Crippen molar-refractivity contribution in [1.82, 2.24) is 54.7 Å². The Balaban J connectivity index is 1.12. The van der Waals surface area contributed by atoms with Crippen LogP contribution in [0.15, 0.2) is 36.7 Å². The molecule has 73 heavy (non-hydrogen) atoms. The van der Waals surface area contributed by atoms with Crippen LogP contribution in [-0.2, 0) is 39.8 Å². The number of nitrogens with zero attached hydrogens (tertiary/aromatic N) is 13. The lowest BCUT2D eigenvalue weighted by atomic mass is 9.98. The number of carbonyl (C=O) groups is 4. The molecular weight excluding hydrogens is 949 g/mol. The van der Waals surface area contributed by atoms with Crippen molar-refractivity contribution in [1.29, 1.82) is 0 Å². The number of aromatic nitrogens is 9. The maximum absolute atomic E-state index is 14.2. The fraction of sp³-hybridized carbons (Fsp3) is 0.596. The Hall–Kier alpha value is -7.05. The second-order valence-corrected chi connectivity index (χ2v) is 17.8. The molecule has 3 aromatic heterocycles. The monoisotopic (exact) mass is 1020 g/mol. The second-order valence-electron chi connectivity index (χ2n) is 17.8. The van der Waals surface area contributed by atoms with Gasteiger partial charge in [0.05, 0.1) is 68.9 Å². The van der Waals surface area contributed by atoms with E-state index in [2.05, 4.69) is 31.9 Å². The number of ether oxygens (including phenoxy) is 3. The third-order valence-electron chi connectivity index (χ3n) is 12.7. The molecule has 6 rings (SSSR count). The SMILES string of the molecule is C#CCOCCOCCOCCNc1nc(N2CCN(C(=O)[C@H](CCC(=O)O)n3cc(C(N)Cc4ccc(O)cc4)nn3)CC2)nc(N2CCN(C(=O)[C@H](CCC(=O)O)n3cc(C(N)[C@H](C)CC)nn3)CC2)n1. The number of piperazine rings is 2. The number of nitrogens with one attached hydrogen (secondary N) is 1. The number of terminal acetylenes is 1. The van der Waals surface area contributed by atoms with Crippen LogP contribution in [0.25, 0.3) is 0 Å². The summed E-state index contributed by atoms with van der Waals surface area (Å²) >= 11 is 0. The van der Waals surface area contributed by atoms with Gasteiger partial charge in [0.25, 0.3) is 0 Å². The van der Waals surface area contributed by atoms with Gasteiger partial charge < -0.3 is 65.9 Å². The van der Waals surface area contributed by atoms with Gasteiger partial charge in [0.2, 0.25) is 29.7 Å². The van der Waals surface area contributed by atoms with Crippen molar-refractivity contribution < 1.29 is 48.7 Å². The van der Waals surface area contributed by atoms with Crippen molar-refractivity contribution in [2.75, 3.05) is 114 Å². The molecule has 26 nitrogen and oxygen atoms in total. The lowest BCUT2D eigenvalue weighted by molar-refractivity contribution is -0.140. The van der Waals surface area contributed by atoms with Crippen molar-refractivity contribution >= 4 is 41.6 Å². The minimum atomic E-state index is -1.06. The molecule has 2 aliphatic heterocycles. The third kappa shape index (κ3) is 16.2. The lowest BCUT2D eigenvalue weighted by Crippen LogP contribution is -2.52. The van der Waals surface area contributed by atoms with E-state index in [1.807, 2.05) is 23.6 Å². The number of benzene rings is 1. The van der Waals surface area contributed by atoms with E-state index < -0.39 is 36.1 Å². The van der Waals surface area contributed by atoms with E-state index in [0.29, 0.717) is 95.5 Å². The first-order valence-electron chi connectivity index (χ1n) is 24.5. The average Bonchev–Trinajstić information content (AvgIpc) is 4.10. The van der Waals surface area contributed by atoms with Gasteiger partial charge in [-0.2, -0.15) is 15.0 Å². The van der Waals surface area contributed by atoms with E-state index in [0.717, 1.165) is 12.0 Å². The molecule has 0 radical (unpaired) electrons. The number of phenols is 1. The van der Waals surface area contributed by atoms with E-state index in [-0.39, 0.29) is 87.9 Å². The minimum Gasteiger partial charge on any atom is -0.508 e. The number of nitrogens with two attached hydrogens (primary N) is 2. The van der Waals surface area contributed by atoms with Crippen molar-refractivity contribution in [2.24, 2.45) is 17.4 Å². The summed E-state index contributed by atoms with van der Waals surface area (Å²) in [6.07, 6.45) is 9.09. The van der Waals surface area contributed by atoms with Gasteiger partial charge in [-0.15, -0.1) is 16.6 Å². The normalized spacial score (nSPS) is 16.1. The predicted molar refractivity (Wildman–Crippen MR) is 264 cm³/mol. The molecule has 0 bridgehead atoms. The highest BCUT2D eigenvalue weighted by atomic mass is 16.5. The van der Waals surface area contributed by atoms with Gasteiger partial charge in [-0.3, -0.25) is 19.2 Å². The topological polar surface area (TPSA) is 334 Å². The van der Waals surface area contributed by atoms with Crippen LogP contribution in [0.5, 0.6) is 5.75 Å². The van der Waals surface area contributed by atoms with Gasteiger partial charge in [0, 0.05) is 71.7 Å². The summed E-state index contributed by atoms with van der Waals surface area (Å²) in [5, 5.41) is 48.9. The van der Waals surface area contributed by atoms with Crippen molar-refractivity contribution in [3.8, 4) is 18.1 Å². The number of carboxylic acid groups (broad SMARTS) is 2. The molecule has 2 saturated heterocycles. The van der Waals surface area contributed by atoms with Gasteiger partial charge in [-0.25, -0.2) is 9.36 Å². The van der Waals surface area contributed by atoms with Gasteiger partial charge in [0.1, 0.15) is 24.4 Å². The predicted octanol–water partition coefficient (Wildman–Crippen LogP) is 0.653. The van der Waals surface area contributed by atoms with Gasteiger partial charge in [-0.1, -0.05) is 48.7 Å². The van der Waals surface area contributed by atoms with Crippen LogP contribution >= 0.6 is 0 Å². The lowest BCUT2D eigenvalue weighted by Gasteiger charge is -2.38. The van der Waals surface area contributed by atoms with E-state index in [1.165, 1.54) is 9.36 Å². The Bertz CT molecular complexity index is 2430. The molecule has 5 heterocycles. The molecule has 0 saturated carbocycles. The first-order chi connectivity index (χ1) is 35.2. The maximum Gasteiger partial charge on any atom is 0.303 e. The van der Waals surface area contributed by atoms with E-state index in [1.54, 1.807) is 46.5 Å². The van der Waals surface area contributed by atoms with Gasteiger partial charge in [0.15, 0.2) is 0 Å². The first-order valence-corrected chi connectivity index (χ1v) is 24.5. The fourth-order valence-electron chi connectivity index (χ4n) is 8.20. The summed E-state index contributed by atoms with van der Waals surface area (Å²) in [7, 11) is 0. The number of amides is 2. The number of rotatable bonds is 29. The minimum absolute atomic E-state index is 0.0153. The number of hydrogen-bond donors (Lipinski definition) is 6. The molecule has 1 aromatic carbocycles. The van der Waals surface area contributed by atoms with E-state index >= 15 is 0 Å². The quantitative estimate of drug-likeness (QED) is 0.0321. The Labute approximate surface area is 423 Å². The summed E-state index contributed by atoms with van der Waals surface area (Å²) < 4.78 is 19.3. The zero-order valence-corrected chi connectivity index (χ0v) is 41.4. The molecule has 0 spiro atoms. The number of aromatic hydroxyl groups is 1. The molecule has 2 unspecified atom stereocenters. The standard InChI is InChI=1S/C47H68N16O10/c1-4-23-71-25-27-73-28-26-72-24-14-50-45-51-46(53-47(52-45)61-21-17-59(18-22-61)44(70)39(11-13-41(67)68)63-31-37(55-57-63)42(49)32(3)5-2)60-19-15-58(16-20-60)43(69)38(10-12-40(65)66)62-30-36(54-56-62)35(48)29-33-6-8-34(64)9-7-33/h1,6-9,30-32,35,38-39,42,64H,5,10-29,48-49H2,2-3H3,(H,65,66)(H,67,68)(H,50,51,52,53)/t32-,35?,38+,39+,42?/m1/s1. The molecule has 2 aliphatic rings. The van der Waals surface area contributed by atoms with Crippen LogP contribution in [0.4, 0.5) is 17.8 Å². The van der Waals surface area contributed by atoms with Gasteiger partial charge >= 0.3 is 11.9 Å². The summed E-state index contributed by atoms with van der Waals surface area (Å²) in [5.74, 6) is 0.961. The Morgan fingerprint density at radius 1 is 0.726 bits per heavy atom. The van der Waals surface area contributed by atoms with Crippen molar-refractivity contribution in [2.45, 2.75) is 76.5 Å². The highest BCUT2D eigenvalue weighted by Gasteiger charge is 2.34. The van der Waals surface area contributed by atoms with Crippen LogP contribution in [-0.4, -0.2) is 192 Å². The van der Waals surface area contributed by atoms with Crippen molar-refractivity contribution in [3.63, 3.8) is 0 Å². The summed E-state index contributed by atoms with van der Waals surface area (Å²) in [5.41, 5.74) is 14.7. The number of phenolic OH excluding ortho intramolecular Hbond substituents is 1. The van der Waals surface area contributed by atoms with E-state index in [4.69, 9.17) is 47.1 Å². The Morgan fingerprint density at radius 2 is 1.22 bits per heavy atom. The Kier molecular flexibility index (Phi) is 21.0. The first kappa shape index (κ1) is 55.3. The van der Waals surface area contributed by atoms with E-state index in [9.17, 15) is 34.5 Å². The van der Waals surface area contributed by atoms with Crippen LogP contribution in [0.1, 0.15) is 87.1 Å². The largest absolute Gasteiger partial charge is 0.508 e. The second kappa shape index (κ2) is 27.7. The molecule has 396 valence electrons. The molecule has 2 amide bonds. The molecule has 2 fully saturated rings. The molecular formula is C47H68N16O10.